The Morgan fingerprint density at radius 1 is 1.32 bits per heavy atom. The molecule has 4 heteroatoms. The molecule has 2 nitrogen and oxygen atoms in total. The zero-order valence-electron chi connectivity index (χ0n) is 11.6. The number of rotatable bonds is 6. The van der Waals surface area contributed by atoms with E-state index in [1.807, 2.05) is 0 Å². The van der Waals surface area contributed by atoms with Crippen molar-refractivity contribution in [2.24, 2.45) is 0 Å². The lowest BCUT2D eigenvalue weighted by atomic mass is 10.0. The molecule has 2 rings (SSSR count). The van der Waals surface area contributed by atoms with E-state index in [1.165, 1.54) is 47.6 Å². The van der Waals surface area contributed by atoms with Gasteiger partial charge in [0.25, 0.3) is 0 Å². The van der Waals surface area contributed by atoms with Crippen molar-refractivity contribution in [1.29, 1.82) is 0 Å². The Labute approximate surface area is 129 Å². The molecule has 1 aliphatic rings. The van der Waals surface area contributed by atoms with Gasteiger partial charge in [0.05, 0.1) is 0 Å². The van der Waals surface area contributed by atoms with Crippen LogP contribution in [-0.4, -0.2) is 42.6 Å². The summed E-state index contributed by atoms with van der Waals surface area (Å²) in [7, 11) is 0. The van der Waals surface area contributed by atoms with Crippen LogP contribution < -0.4 is 5.32 Å². The van der Waals surface area contributed by atoms with Gasteiger partial charge in [0, 0.05) is 41.7 Å². The summed E-state index contributed by atoms with van der Waals surface area (Å²) in [6.07, 6.45) is 1.18. The van der Waals surface area contributed by atoms with Crippen molar-refractivity contribution in [2.75, 3.05) is 37.7 Å². The Morgan fingerprint density at radius 2 is 2.05 bits per heavy atom. The molecule has 106 valence electrons. The average molecular weight is 343 g/mol. The highest BCUT2D eigenvalue weighted by Crippen LogP contribution is 2.26. The van der Waals surface area contributed by atoms with Crippen molar-refractivity contribution in [2.45, 2.75) is 19.4 Å². The van der Waals surface area contributed by atoms with Crippen molar-refractivity contribution in [3.8, 4) is 0 Å². The van der Waals surface area contributed by atoms with Crippen LogP contribution in [0.5, 0.6) is 0 Å². The van der Waals surface area contributed by atoms with E-state index in [-0.39, 0.29) is 0 Å². The zero-order chi connectivity index (χ0) is 13.5. The van der Waals surface area contributed by atoms with E-state index in [1.54, 1.807) is 0 Å². The number of hydrogen-bond donors (Lipinski definition) is 1. The van der Waals surface area contributed by atoms with Crippen LogP contribution in [0.15, 0.2) is 28.7 Å². The van der Waals surface area contributed by atoms with E-state index in [9.17, 15) is 0 Å². The number of hydrogen-bond acceptors (Lipinski definition) is 3. The molecule has 1 aliphatic heterocycles. The Morgan fingerprint density at radius 3 is 2.74 bits per heavy atom. The predicted molar refractivity (Wildman–Crippen MR) is 88.9 cm³/mol. The van der Waals surface area contributed by atoms with E-state index in [4.69, 9.17) is 0 Å². The van der Waals surface area contributed by atoms with Gasteiger partial charge in [-0.05, 0) is 24.6 Å². The van der Waals surface area contributed by atoms with Crippen molar-refractivity contribution in [3.05, 3.63) is 34.3 Å². The predicted octanol–water partition coefficient (Wildman–Crippen LogP) is 3.54. The molecule has 0 bridgehead atoms. The molecule has 19 heavy (non-hydrogen) atoms. The van der Waals surface area contributed by atoms with Crippen molar-refractivity contribution >= 4 is 27.7 Å². The molecule has 1 aromatic carbocycles. The topological polar surface area (TPSA) is 15.3 Å². The fourth-order valence-corrected chi connectivity index (χ4v) is 4.05. The molecule has 0 radical (unpaired) electrons. The molecule has 1 atom stereocenters. The van der Waals surface area contributed by atoms with Gasteiger partial charge in [-0.2, -0.15) is 11.8 Å². The van der Waals surface area contributed by atoms with E-state index < -0.39 is 0 Å². The summed E-state index contributed by atoms with van der Waals surface area (Å²) in [4.78, 5) is 2.59. The van der Waals surface area contributed by atoms with Crippen LogP contribution in [0, 0.1) is 0 Å². The zero-order valence-corrected chi connectivity index (χ0v) is 14.0. The van der Waals surface area contributed by atoms with Gasteiger partial charge in [-0.15, -0.1) is 0 Å². The standard InChI is InChI=1S/C15H23BrN2S/c1-2-17-15(13-5-3-4-6-14(13)16)7-8-18-9-11-19-12-10-18/h3-6,15,17H,2,7-12H2,1H3. The van der Waals surface area contributed by atoms with Gasteiger partial charge >= 0.3 is 0 Å². The number of halogens is 1. The first kappa shape index (κ1) is 15.4. The summed E-state index contributed by atoms with van der Waals surface area (Å²) in [5.41, 5.74) is 1.38. The highest BCUT2D eigenvalue weighted by molar-refractivity contribution is 9.10. The summed E-state index contributed by atoms with van der Waals surface area (Å²) in [6, 6.07) is 9.02. The van der Waals surface area contributed by atoms with Gasteiger partial charge in [-0.25, -0.2) is 0 Å². The van der Waals surface area contributed by atoms with Crippen molar-refractivity contribution < 1.29 is 0 Å². The lowest BCUT2D eigenvalue weighted by molar-refractivity contribution is 0.281. The van der Waals surface area contributed by atoms with E-state index in [2.05, 4.69) is 69.1 Å². The fraction of sp³-hybridized carbons (Fsp3) is 0.600. The Hall–Kier alpha value is -0.0300. The molecule has 1 aromatic rings. The number of thioether (sulfide) groups is 1. The van der Waals surface area contributed by atoms with Gasteiger partial charge in [-0.3, -0.25) is 0 Å². The maximum absolute atomic E-state index is 3.68. The monoisotopic (exact) mass is 342 g/mol. The third-order valence-corrected chi connectivity index (χ3v) is 5.23. The minimum atomic E-state index is 0.454. The molecule has 0 aromatic heterocycles. The molecule has 0 spiro atoms. The largest absolute Gasteiger partial charge is 0.310 e. The summed E-state index contributed by atoms with van der Waals surface area (Å²) >= 11 is 5.75. The van der Waals surface area contributed by atoms with Crippen LogP contribution in [0.2, 0.25) is 0 Å². The van der Waals surface area contributed by atoms with Crippen LogP contribution in [-0.2, 0) is 0 Å². The molecule has 0 aliphatic carbocycles. The lowest BCUT2D eigenvalue weighted by Gasteiger charge is -2.28. The van der Waals surface area contributed by atoms with Gasteiger partial charge in [0.15, 0.2) is 0 Å². The first-order chi connectivity index (χ1) is 9.31. The Kier molecular flexibility index (Phi) is 6.71. The van der Waals surface area contributed by atoms with Crippen LogP contribution in [0.4, 0.5) is 0 Å². The highest BCUT2D eigenvalue weighted by Gasteiger charge is 2.16. The first-order valence-corrected chi connectivity index (χ1v) is 9.04. The molecule has 1 N–H and O–H groups in total. The minimum Gasteiger partial charge on any atom is -0.310 e. The van der Waals surface area contributed by atoms with Gasteiger partial charge in [-0.1, -0.05) is 41.1 Å². The SMILES string of the molecule is CCNC(CCN1CCSCC1)c1ccccc1Br. The molecular weight excluding hydrogens is 320 g/mol. The summed E-state index contributed by atoms with van der Waals surface area (Å²) in [5, 5.41) is 3.62. The molecule has 1 heterocycles. The van der Waals surface area contributed by atoms with E-state index in [0.717, 1.165) is 6.54 Å². The maximum Gasteiger partial charge on any atom is 0.0343 e. The molecule has 1 unspecified atom stereocenters. The number of nitrogens with zero attached hydrogens (tertiary/aromatic N) is 1. The maximum atomic E-state index is 3.68. The van der Waals surface area contributed by atoms with E-state index in [0.29, 0.717) is 6.04 Å². The second-order valence-electron chi connectivity index (χ2n) is 4.87. The quantitative estimate of drug-likeness (QED) is 0.851. The molecule has 1 fully saturated rings. The summed E-state index contributed by atoms with van der Waals surface area (Å²) < 4.78 is 1.22. The molecular formula is C15H23BrN2S. The second-order valence-corrected chi connectivity index (χ2v) is 6.95. The Bertz CT molecular complexity index is 380. The Balaban J connectivity index is 1.94. The third-order valence-electron chi connectivity index (χ3n) is 3.57. The number of nitrogens with one attached hydrogen (secondary N) is 1. The first-order valence-electron chi connectivity index (χ1n) is 7.09. The normalized spacial score (nSPS) is 18.4. The van der Waals surface area contributed by atoms with Crippen LogP contribution in [0.3, 0.4) is 0 Å². The summed E-state index contributed by atoms with van der Waals surface area (Å²) in [5.74, 6) is 2.59. The van der Waals surface area contributed by atoms with Crippen LogP contribution >= 0.6 is 27.7 Å². The average Bonchev–Trinajstić information content (AvgIpc) is 2.45. The molecule has 0 amide bonds. The second kappa shape index (κ2) is 8.30. The number of benzene rings is 1. The van der Waals surface area contributed by atoms with Crippen molar-refractivity contribution in [1.82, 2.24) is 10.2 Å². The fourth-order valence-electron chi connectivity index (χ4n) is 2.51. The van der Waals surface area contributed by atoms with Crippen LogP contribution in [0.25, 0.3) is 0 Å². The van der Waals surface area contributed by atoms with Gasteiger partial charge in [0.2, 0.25) is 0 Å². The molecule has 0 saturated carbocycles. The smallest absolute Gasteiger partial charge is 0.0343 e. The van der Waals surface area contributed by atoms with E-state index >= 15 is 0 Å². The third kappa shape index (κ3) is 4.78. The van der Waals surface area contributed by atoms with Gasteiger partial charge < -0.3 is 10.2 Å². The molecule has 1 saturated heterocycles. The van der Waals surface area contributed by atoms with Gasteiger partial charge in [0.1, 0.15) is 0 Å². The van der Waals surface area contributed by atoms with Crippen molar-refractivity contribution in [3.63, 3.8) is 0 Å². The lowest BCUT2D eigenvalue weighted by Crippen LogP contribution is -2.35. The highest BCUT2D eigenvalue weighted by atomic mass is 79.9. The van der Waals surface area contributed by atoms with Crippen LogP contribution in [0.1, 0.15) is 24.9 Å². The minimum absolute atomic E-state index is 0.454. The summed E-state index contributed by atoms with van der Waals surface area (Å²) in [6.45, 7) is 6.89.